The molecule has 0 saturated carbocycles. The molecule has 1 aromatic carbocycles. The van der Waals surface area contributed by atoms with Gasteiger partial charge in [-0.1, -0.05) is 45.0 Å². The molecule has 0 bridgehead atoms. The van der Waals surface area contributed by atoms with Crippen molar-refractivity contribution in [3.63, 3.8) is 0 Å². The highest BCUT2D eigenvalue weighted by atomic mass is 16.2. The van der Waals surface area contributed by atoms with Crippen molar-refractivity contribution in [1.82, 2.24) is 20.2 Å². The lowest BCUT2D eigenvalue weighted by molar-refractivity contribution is -0.123. The van der Waals surface area contributed by atoms with Crippen LogP contribution in [-0.2, 0) is 23.1 Å². The predicted molar refractivity (Wildman–Crippen MR) is 95.5 cm³/mol. The Morgan fingerprint density at radius 1 is 1.36 bits per heavy atom. The summed E-state index contributed by atoms with van der Waals surface area (Å²) < 4.78 is 1.43. The number of nitrogens with one attached hydrogen (secondary N) is 2. The summed E-state index contributed by atoms with van der Waals surface area (Å²) in [5.41, 5.74) is 3.03. The van der Waals surface area contributed by atoms with Gasteiger partial charge >= 0.3 is 6.03 Å². The largest absolute Gasteiger partial charge is 0.353 e. The summed E-state index contributed by atoms with van der Waals surface area (Å²) in [7, 11) is 0. The van der Waals surface area contributed by atoms with Gasteiger partial charge in [0.25, 0.3) is 0 Å². The van der Waals surface area contributed by atoms with Gasteiger partial charge in [-0.3, -0.25) is 9.36 Å². The molecule has 0 unspecified atom stereocenters. The van der Waals surface area contributed by atoms with Crippen LogP contribution >= 0.6 is 0 Å². The maximum Gasteiger partial charge on any atom is 0.327 e. The zero-order valence-electron chi connectivity index (χ0n) is 14.9. The second kappa shape index (κ2) is 6.70. The van der Waals surface area contributed by atoms with Crippen LogP contribution in [0.5, 0.6) is 0 Å². The molecule has 2 N–H and O–H groups in total. The van der Waals surface area contributed by atoms with Gasteiger partial charge in [-0.15, -0.1) is 0 Å². The molecule has 1 aliphatic rings. The van der Waals surface area contributed by atoms with E-state index in [1.807, 2.05) is 0 Å². The number of fused-ring (bicyclic) bond motifs is 1. The van der Waals surface area contributed by atoms with E-state index in [0.29, 0.717) is 13.0 Å². The smallest absolute Gasteiger partial charge is 0.327 e. The highest BCUT2D eigenvalue weighted by Crippen LogP contribution is 2.23. The Bertz CT molecular complexity index is 777. The Labute approximate surface area is 147 Å². The van der Waals surface area contributed by atoms with Crippen molar-refractivity contribution in [2.24, 2.45) is 0 Å². The molecule has 0 saturated heterocycles. The van der Waals surface area contributed by atoms with Gasteiger partial charge in [0.05, 0.1) is 0 Å². The van der Waals surface area contributed by atoms with E-state index in [1.165, 1.54) is 22.0 Å². The topological polar surface area (TPSA) is 76.0 Å². The SMILES string of the molecule is CCc1ccc(C(C)(C)CNC(=O)[C@@H]2Cc3cncn3C(=O)N2)cc1. The maximum atomic E-state index is 12.5. The van der Waals surface area contributed by atoms with Crippen molar-refractivity contribution >= 4 is 11.9 Å². The minimum absolute atomic E-state index is 0.168. The fraction of sp³-hybridized carbons (Fsp3) is 0.421. The molecule has 132 valence electrons. The van der Waals surface area contributed by atoms with Crippen LogP contribution in [-0.4, -0.2) is 34.1 Å². The lowest BCUT2D eigenvalue weighted by atomic mass is 9.84. The molecule has 6 heteroatoms. The summed E-state index contributed by atoms with van der Waals surface area (Å²) in [5, 5.41) is 5.70. The molecule has 2 heterocycles. The third-order valence-electron chi connectivity index (χ3n) is 4.81. The van der Waals surface area contributed by atoms with Crippen LogP contribution < -0.4 is 10.6 Å². The van der Waals surface area contributed by atoms with E-state index in [-0.39, 0.29) is 17.4 Å². The minimum atomic E-state index is -0.560. The number of amides is 2. The first kappa shape index (κ1) is 17.2. The van der Waals surface area contributed by atoms with Gasteiger partial charge < -0.3 is 10.6 Å². The number of benzene rings is 1. The molecule has 0 radical (unpaired) electrons. The monoisotopic (exact) mass is 340 g/mol. The van der Waals surface area contributed by atoms with Gasteiger partial charge in [0.15, 0.2) is 0 Å². The van der Waals surface area contributed by atoms with Crippen LogP contribution in [0.2, 0.25) is 0 Å². The summed E-state index contributed by atoms with van der Waals surface area (Å²) in [4.78, 5) is 28.4. The molecule has 25 heavy (non-hydrogen) atoms. The molecule has 1 atom stereocenters. The van der Waals surface area contributed by atoms with Crippen LogP contribution in [0.3, 0.4) is 0 Å². The van der Waals surface area contributed by atoms with Crippen LogP contribution in [0, 0.1) is 0 Å². The molecule has 0 fully saturated rings. The zero-order chi connectivity index (χ0) is 18.0. The molecule has 0 aliphatic carbocycles. The predicted octanol–water partition coefficient (Wildman–Crippen LogP) is 2.02. The summed E-state index contributed by atoms with van der Waals surface area (Å²) in [6, 6.07) is 7.61. The standard InChI is InChI=1S/C19H24N4O2/c1-4-13-5-7-14(8-6-13)19(2,3)11-21-17(24)16-9-15-10-20-12-23(15)18(25)22-16/h5-8,10,12,16H,4,9,11H2,1-3H3,(H,21,24)(H,22,25)/t16-/m0/s1. The number of nitrogens with zero attached hydrogens (tertiary/aromatic N) is 2. The van der Waals surface area contributed by atoms with Crippen molar-refractivity contribution < 1.29 is 9.59 Å². The molecule has 0 spiro atoms. The Morgan fingerprint density at radius 3 is 2.76 bits per heavy atom. The molecular weight excluding hydrogens is 316 g/mol. The quantitative estimate of drug-likeness (QED) is 0.874. The van der Waals surface area contributed by atoms with E-state index in [9.17, 15) is 9.59 Å². The van der Waals surface area contributed by atoms with Crippen LogP contribution in [0.15, 0.2) is 36.8 Å². The molecule has 3 rings (SSSR count). The maximum absolute atomic E-state index is 12.5. The van der Waals surface area contributed by atoms with Crippen molar-refractivity contribution in [3.05, 3.63) is 53.6 Å². The van der Waals surface area contributed by atoms with E-state index in [4.69, 9.17) is 0 Å². The van der Waals surface area contributed by atoms with Gasteiger partial charge in [-0.2, -0.15) is 0 Å². The third kappa shape index (κ3) is 3.57. The average molecular weight is 340 g/mol. The Hall–Kier alpha value is -2.63. The van der Waals surface area contributed by atoms with Crippen LogP contribution in [0.25, 0.3) is 0 Å². The number of hydrogen-bond donors (Lipinski definition) is 2. The third-order valence-corrected chi connectivity index (χ3v) is 4.81. The number of aryl methyl sites for hydroxylation is 1. The van der Waals surface area contributed by atoms with Gasteiger partial charge in [-0.25, -0.2) is 9.78 Å². The Morgan fingerprint density at radius 2 is 2.08 bits per heavy atom. The highest BCUT2D eigenvalue weighted by Gasteiger charge is 2.30. The first-order valence-electron chi connectivity index (χ1n) is 8.60. The second-order valence-electron chi connectivity index (χ2n) is 7.11. The van der Waals surface area contributed by atoms with Crippen molar-refractivity contribution in [3.8, 4) is 0 Å². The number of carbonyl (C=O) groups is 2. The lowest BCUT2D eigenvalue weighted by Gasteiger charge is -2.28. The minimum Gasteiger partial charge on any atom is -0.353 e. The number of carbonyl (C=O) groups excluding carboxylic acids is 2. The number of hydrogen-bond acceptors (Lipinski definition) is 3. The van der Waals surface area contributed by atoms with E-state index < -0.39 is 6.04 Å². The fourth-order valence-electron chi connectivity index (χ4n) is 3.02. The molecule has 2 amide bonds. The Kier molecular flexibility index (Phi) is 4.61. The van der Waals surface area contributed by atoms with Crippen LogP contribution in [0.4, 0.5) is 4.79 Å². The van der Waals surface area contributed by atoms with Crippen LogP contribution in [0.1, 0.15) is 37.6 Å². The molecule has 6 nitrogen and oxygen atoms in total. The summed E-state index contributed by atoms with van der Waals surface area (Å²) in [6.45, 7) is 6.83. The molecule has 2 aromatic rings. The first-order chi connectivity index (χ1) is 11.9. The molecule has 1 aliphatic heterocycles. The number of imidazole rings is 1. The van der Waals surface area contributed by atoms with Crippen molar-refractivity contribution in [2.45, 2.75) is 45.1 Å². The summed E-state index contributed by atoms with van der Waals surface area (Å²) in [5.74, 6) is -0.168. The summed E-state index contributed by atoms with van der Waals surface area (Å²) >= 11 is 0. The van der Waals surface area contributed by atoms with E-state index in [0.717, 1.165) is 12.1 Å². The lowest BCUT2D eigenvalue weighted by Crippen LogP contribution is -2.54. The first-order valence-corrected chi connectivity index (χ1v) is 8.60. The average Bonchev–Trinajstić information content (AvgIpc) is 3.09. The zero-order valence-corrected chi connectivity index (χ0v) is 14.9. The molecular formula is C19H24N4O2. The molecule has 1 aromatic heterocycles. The number of rotatable bonds is 5. The van der Waals surface area contributed by atoms with E-state index >= 15 is 0 Å². The Balaban J connectivity index is 1.62. The normalized spacial score (nSPS) is 16.9. The van der Waals surface area contributed by atoms with Gasteiger partial charge in [0.1, 0.15) is 12.4 Å². The van der Waals surface area contributed by atoms with Crippen molar-refractivity contribution in [1.29, 1.82) is 0 Å². The summed E-state index contributed by atoms with van der Waals surface area (Å²) in [6.07, 6.45) is 4.54. The number of aromatic nitrogens is 2. The van der Waals surface area contributed by atoms with Gasteiger partial charge in [-0.05, 0) is 17.5 Å². The fourth-order valence-corrected chi connectivity index (χ4v) is 3.02. The van der Waals surface area contributed by atoms with E-state index in [1.54, 1.807) is 6.20 Å². The van der Waals surface area contributed by atoms with Gasteiger partial charge in [0.2, 0.25) is 5.91 Å². The van der Waals surface area contributed by atoms with Gasteiger partial charge in [0, 0.05) is 30.3 Å². The highest BCUT2D eigenvalue weighted by molar-refractivity contribution is 5.89. The van der Waals surface area contributed by atoms with E-state index in [2.05, 4.69) is 60.7 Å². The van der Waals surface area contributed by atoms with Crippen molar-refractivity contribution in [2.75, 3.05) is 6.54 Å². The second-order valence-corrected chi connectivity index (χ2v) is 7.11.